The first-order valence-corrected chi connectivity index (χ1v) is 10.3. The maximum absolute atomic E-state index is 12.3. The molecule has 1 amide bonds. The first kappa shape index (κ1) is 19.4. The van der Waals surface area contributed by atoms with Crippen LogP contribution in [-0.4, -0.2) is 45.3 Å². The van der Waals surface area contributed by atoms with Gasteiger partial charge in [0.25, 0.3) is 0 Å². The average Bonchev–Trinajstić information content (AvgIpc) is 3.13. The van der Waals surface area contributed by atoms with Gasteiger partial charge in [0.1, 0.15) is 0 Å². The van der Waals surface area contributed by atoms with Crippen LogP contribution in [0.5, 0.6) is 0 Å². The Kier molecular flexibility index (Phi) is 5.74. The lowest BCUT2D eigenvalue weighted by molar-refractivity contribution is -0.121. The molecule has 1 fully saturated rings. The van der Waals surface area contributed by atoms with Crippen LogP contribution in [0.2, 0.25) is 0 Å². The standard InChI is InChI=1S/C22H28N6O/c1-16-13-17(2)26-22(25-16)27-10-7-18(8-11-27)14-23-21(29)9-12-28-20-6-4-3-5-19(20)15-24-28/h3-6,13,15,18H,7-12,14H2,1-2H3,(H,23,29). The van der Waals surface area contributed by atoms with Crippen LogP contribution in [0.3, 0.4) is 0 Å². The van der Waals surface area contributed by atoms with Gasteiger partial charge in [-0.15, -0.1) is 0 Å². The Hall–Kier alpha value is -2.96. The topological polar surface area (TPSA) is 75.9 Å². The molecular weight excluding hydrogens is 364 g/mol. The van der Waals surface area contributed by atoms with E-state index < -0.39 is 0 Å². The number of piperidine rings is 1. The summed E-state index contributed by atoms with van der Waals surface area (Å²) in [5.41, 5.74) is 3.08. The van der Waals surface area contributed by atoms with Crippen LogP contribution >= 0.6 is 0 Å². The van der Waals surface area contributed by atoms with Crippen LogP contribution in [-0.2, 0) is 11.3 Å². The maximum atomic E-state index is 12.3. The molecule has 0 bridgehead atoms. The van der Waals surface area contributed by atoms with Gasteiger partial charge in [0, 0.05) is 42.8 Å². The summed E-state index contributed by atoms with van der Waals surface area (Å²) < 4.78 is 1.90. The van der Waals surface area contributed by atoms with Gasteiger partial charge in [-0.3, -0.25) is 9.48 Å². The van der Waals surface area contributed by atoms with Gasteiger partial charge in [0.05, 0.1) is 18.3 Å². The first-order valence-electron chi connectivity index (χ1n) is 10.3. The van der Waals surface area contributed by atoms with Crippen molar-refractivity contribution < 1.29 is 4.79 Å². The molecule has 0 aliphatic carbocycles. The monoisotopic (exact) mass is 392 g/mol. The minimum absolute atomic E-state index is 0.0876. The van der Waals surface area contributed by atoms with Crippen LogP contribution in [0.1, 0.15) is 30.7 Å². The lowest BCUT2D eigenvalue weighted by Crippen LogP contribution is -2.39. The molecule has 1 aliphatic heterocycles. The summed E-state index contributed by atoms with van der Waals surface area (Å²) in [5.74, 6) is 1.42. The predicted molar refractivity (Wildman–Crippen MR) is 114 cm³/mol. The van der Waals surface area contributed by atoms with Crippen molar-refractivity contribution in [2.45, 2.75) is 39.7 Å². The van der Waals surface area contributed by atoms with Gasteiger partial charge in [-0.2, -0.15) is 5.10 Å². The minimum atomic E-state index is 0.0876. The molecule has 3 aromatic rings. The number of rotatable bonds is 6. The molecule has 0 unspecified atom stereocenters. The van der Waals surface area contributed by atoms with E-state index in [2.05, 4.69) is 25.3 Å². The van der Waals surface area contributed by atoms with E-state index in [-0.39, 0.29) is 5.91 Å². The number of nitrogens with one attached hydrogen (secondary N) is 1. The van der Waals surface area contributed by atoms with Gasteiger partial charge in [0.2, 0.25) is 11.9 Å². The van der Waals surface area contributed by atoms with Crippen LogP contribution in [0.25, 0.3) is 10.9 Å². The lowest BCUT2D eigenvalue weighted by Gasteiger charge is -2.32. The summed E-state index contributed by atoms with van der Waals surface area (Å²) in [6.07, 6.45) is 4.38. The fourth-order valence-electron chi connectivity index (χ4n) is 3.94. The van der Waals surface area contributed by atoms with Crippen molar-refractivity contribution in [1.29, 1.82) is 0 Å². The Morgan fingerprint density at radius 1 is 1.14 bits per heavy atom. The molecule has 2 aromatic heterocycles. The van der Waals surface area contributed by atoms with Crippen LogP contribution in [0.4, 0.5) is 5.95 Å². The van der Waals surface area contributed by atoms with Crippen molar-refractivity contribution in [3.8, 4) is 0 Å². The smallest absolute Gasteiger partial charge is 0.225 e. The second-order valence-electron chi connectivity index (χ2n) is 7.86. The van der Waals surface area contributed by atoms with E-state index in [1.807, 2.05) is 55.1 Å². The lowest BCUT2D eigenvalue weighted by atomic mass is 9.97. The Balaban J connectivity index is 1.21. The SMILES string of the molecule is Cc1cc(C)nc(N2CCC(CNC(=O)CCn3ncc4ccccc43)CC2)n1. The van der Waals surface area contributed by atoms with Gasteiger partial charge in [-0.25, -0.2) is 9.97 Å². The van der Waals surface area contributed by atoms with E-state index in [0.29, 0.717) is 18.9 Å². The number of nitrogens with zero attached hydrogens (tertiary/aromatic N) is 5. The molecule has 1 saturated heterocycles. The van der Waals surface area contributed by atoms with Gasteiger partial charge < -0.3 is 10.2 Å². The number of aromatic nitrogens is 4. The van der Waals surface area contributed by atoms with Crippen molar-refractivity contribution in [3.63, 3.8) is 0 Å². The zero-order valence-corrected chi connectivity index (χ0v) is 17.1. The molecule has 4 rings (SSSR count). The summed E-state index contributed by atoms with van der Waals surface area (Å²) in [7, 11) is 0. The minimum Gasteiger partial charge on any atom is -0.356 e. The molecule has 0 saturated carbocycles. The molecule has 29 heavy (non-hydrogen) atoms. The Morgan fingerprint density at radius 3 is 2.62 bits per heavy atom. The van der Waals surface area contributed by atoms with Crippen molar-refractivity contribution in [2.24, 2.45) is 5.92 Å². The number of hydrogen-bond acceptors (Lipinski definition) is 5. The van der Waals surface area contributed by atoms with E-state index in [1.54, 1.807) is 0 Å². The van der Waals surface area contributed by atoms with Crippen molar-refractivity contribution in [2.75, 3.05) is 24.5 Å². The second-order valence-corrected chi connectivity index (χ2v) is 7.86. The highest BCUT2D eigenvalue weighted by atomic mass is 16.1. The van der Waals surface area contributed by atoms with Crippen molar-refractivity contribution in [1.82, 2.24) is 25.1 Å². The number of para-hydroxylation sites is 1. The number of fused-ring (bicyclic) bond motifs is 1. The third-order valence-electron chi connectivity index (χ3n) is 5.56. The van der Waals surface area contributed by atoms with Gasteiger partial charge in [-0.1, -0.05) is 18.2 Å². The molecule has 152 valence electrons. The molecular formula is C22H28N6O. The zero-order chi connectivity index (χ0) is 20.2. The van der Waals surface area contributed by atoms with E-state index in [9.17, 15) is 4.79 Å². The maximum Gasteiger partial charge on any atom is 0.225 e. The molecule has 1 aliphatic rings. The number of benzene rings is 1. The largest absolute Gasteiger partial charge is 0.356 e. The predicted octanol–water partition coefficient (Wildman–Crippen LogP) is 2.87. The highest BCUT2D eigenvalue weighted by molar-refractivity contribution is 5.79. The summed E-state index contributed by atoms with van der Waals surface area (Å²) in [5, 5.41) is 8.60. The number of hydrogen-bond donors (Lipinski definition) is 1. The van der Waals surface area contributed by atoms with Crippen molar-refractivity contribution >= 4 is 22.8 Å². The molecule has 1 aromatic carbocycles. The van der Waals surface area contributed by atoms with E-state index >= 15 is 0 Å². The number of anilines is 1. The van der Waals surface area contributed by atoms with Gasteiger partial charge >= 0.3 is 0 Å². The highest BCUT2D eigenvalue weighted by Gasteiger charge is 2.21. The third-order valence-corrected chi connectivity index (χ3v) is 5.56. The Bertz CT molecular complexity index is 970. The molecule has 0 radical (unpaired) electrons. The van der Waals surface area contributed by atoms with Crippen LogP contribution < -0.4 is 10.2 Å². The van der Waals surface area contributed by atoms with E-state index in [4.69, 9.17) is 0 Å². The zero-order valence-electron chi connectivity index (χ0n) is 17.1. The number of aryl methyl sites for hydroxylation is 3. The quantitative estimate of drug-likeness (QED) is 0.698. The number of amides is 1. The summed E-state index contributed by atoms with van der Waals surface area (Å²) in [6.45, 7) is 7.21. The van der Waals surface area contributed by atoms with Gasteiger partial charge in [-0.05, 0) is 44.7 Å². The average molecular weight is 393 g/mol. The normalized spacial score (nSPS) is 15.0. The van der Waals surface area contributed by atoms with E-state index in [1.165, 1.54) is 0 Å². The van der Waals surface area contributed by atoms with Gasteiger partial charge in [0.15, 0.2) is 0 Å². The molecule has 3 heterocycles. The van der Waals surface area contributed by atoms with Crippen LogP contribution in [0.15, 0.2) is 36.5 Å². The fraction of sp³-hybridized carbons (Fsp3) is 0.455. The van der Waals surface area contributed by atoms with Crippen LogP contribution in [0, 0.1) is 19.8 Å². The molecule has 1 N–H and O–H groups in total. The second kappa shape index (κ2) is 8.59. The molecule has 0 atom stereocenters. The Labute approximate surface area is 171 Å². The Morgan fingerprint density at radius 2 is 1.86 bits per heavy atom. The summed E-state index contributed by atoms with van der Waals surface area (Å²) in [4.78, 5) is 23.7. The molecule has 0 spiro atoms. The summed E-state index contributed by atoms with van der Waals surface area (Å²) in [6, 6.07) is 10.1. The fourth-order valence-corrected chi connectivity index (χ4v) is 3.94. The molecule has 7 nitrogen and oxygen atoms in total. The van der Waals surface area contributed by atoms with E-state index in [0.717, 1.165) is 60.7 Å². The molecule has 7 heteroatoms. The number of carbonyl (C=O) groups is 1. The third kappa shape index (κ3) is 4.72. The first-order chi connectivity index (χ1) is 14.1. The number of carbonyl (C=O) groups excluding carboxylic acids is 1. The van der Waals surface area contributed by atoms with Crippen molar-refractivity contribution in [3.05, 3.63) is 47.9 Å². The summed E-state index contributed by atoms with van der Waals surface area (Å²) >= 11 is 0. The highest BCUT2D eigenvalue weighted by Crippen LogP contribution is 2.21.